The van der Waals surface area contributed by atoms with Gasteiger partial charge < -0.3 is 4.90 Å². The molecular formula is C15H18FN3. The van der Waals surface area contributed by atoms with E-state index in [0.717, 1.165) is 18.8 Å². The van der Waals surface area contributed by atoms with Gasteiger partial charge in [0.05, 0.1) is 5.56 Å². The van der Waals surface area contributed by atoms with Gasteiger partial charge in [0.25, 0.3) is 0 Å². The number of rotatable bonds is 1. The molecule has 2 atom stereocenters. The number of anilines is 1. The molecule has 0 spiro atoms. The number of hydrogen-bond acceptors (Lipinski definition) is 3. The third kappa shape index (κ3) is 2.19. The molecule has 19 heavy (non-hydrogen) atoms. The van der Waals surface area contributed by atoms with E-state index in [1.807, 2.05) is 12.1 Å². The number of benzene rings is 1. The highest BCUT2D eigenvalue weighted by Crippen LogP contribution is 2.29. The first-order chi connectivity index (χ1) is 9.19. The average molecular weight is 259 g/mol. The number of nitrogens with zero attached hydrogens (tertiary/aromatic N) is 3. The Labute approximate surface area is 113 Å². The normalized spacial score (nSPS) is 27.1. The molecule has 2 unspecified atom stereocenters. The lowest BCUT2D eigenvalue weighted by Gasteiger charge is -2.43. The van der Waals surface area contributed by atoms with E-state index < -0.39 is 5.82 Å². The Morgan fingerprint density at radius 3 is 2.95 bits per heavy atom. The SMILES string of the molecule is CC1CN2CCCC2CN1c1ccc(C#N)c(F)c1. The second kappa shape index (κ2) is 4.82. The van der Waals surface area contributed by atoms with Crippen molar-refractivity contribution in [1.82, 2.24) is 4.90 Å². The summed E-state index contributed by atoms with van der Waals surface area (Å²) in [5.74, 6) is -0.416. The zero-order valence-corrected chi connectivity index (χ0v) is 11.1. The molecule has 0 aliphatic carbocycles. The Kier molecular flexibility index (Phi) is 3.16. The molecule has 0 radical (unpaired) electrons. The number of nitriles is 1. The van der Waals surface area contributed by atoms with Crippen LogP contribution in [-0.2, 0) is 0 Å². The molecule has 2 saturated heterocycles. The van der Waals surface area contributed by atoms with Crippen LogP contribution in [0.2, 0.25) is 0 Å². The lowest BCUT2D eigenvalue weighted by molar-refractivity contribution is 0.203. The van der Waals surface area contributed by atoms with Gasteiger partial charge in [-0.3, -0.25) is 4.90 Å². The van der Waals surface area contributed by atoms with Crippen molar-refractivity contribution in [2.45, 2.75) is 31.8 Å². The lowest BCUT2D eigenvalue weighted by atomic mass is 10.1. The fourth-order valence-corrected chi connectivity index (χ4v) is 3.32. The van der Waals surface area contributed by atoms with Crippen LogP contribution < -0.4 is 4.90 Å². The predicted molar refractivity (Wildman–Crippen MR) is 72.5 cm³/mol. The molecule has 1 aromatic rings. The summed E-state index contributed by atoms with van der Waals surface area (Å²) in [4.78, 5) is 4.82. The van der Waals surface area contributed by atoms with Gasteiger partial charge >= 0.3 is 0 Å². The van der Waals surface area contributed by atoms with Crippen molar-refractivity contribution in [3.05, 3.63) is 29.6 Å². The maximum absolute atomic E-state index is 13.7. The largest absolute Gasteiger partial charge is 0.366 e. The number of halogens is 1. The van der Waals surface area contributed by atoms with E-state index in [1.54, 1.807) is 6.07 Å². The Morgan fingerprint density at radius 1 is 1.37 bits per heavy atom. The van der Waals surface area contributed by atoms with Crippen LogP contribution in [0.1, 0.15) is 25.3 Å². The summed E-state index contributed by atoms with van der Waals surface area (Å²) in [5, 5.41) is 8.78. The summed E-state index contributed by atoms with van der Waals surface area (Å²) < 4.78 is 13.7. The van der Waals surface area contributed by atoms with Crippen LogP contribution >= 0.6 is 0 Å². The summed E-state index contributed by atoms with van der Waals surface area (Å²) >= 11 is 0. The van der Waals surface area contributed by atoms with E-state index >= 15 is 0 Å². The summed E-state index contributed by atoms with van der Waals surface area (Å²) in [6, 6.07) is 7.81. The van der Waals surface area contributed by atoms with Crippen molar-refractivity contribution >= 4 is 5.69 Å². The molecule has 4 heteroatoms. The molecule has 2 heterocycles. The molecule has 0 aromatic heterocycles. The first-order valence-corrected chi connectivity index (χ1v) is 6.89. The molecule has 0 saturated carbocycles. The highest BCUT2D eigenvalue weighted by Gasteiger charge is 2.34. The van der Waals surface area contributed by atoms with Gasteiger partial charge in [-0.1, -0.05) is 0 Å². The van der Waals surface area contributed by atoms with Gasteiger partial charge in [0.2, 0.25) is 0 Å². The van der Waals surface area contributed by atoms with Gasteiger partial charge in [-0.2, -0.15) is 5.26 Å². The molecule has 3 rings (SSSR count). The smallest absolute Gasteiger partial charge is 0.143 e. The van der Waals surface area contributed by atoms with E-state index in [2.05, 4.69) is 16.7 Å². The molecule has 2 aliphatic rings. The van der Waals surface area contributed by atoms with Crippen LogP contribution in [0.25, 0.3) is 0 Å². The lowest BCUT2D eigenvalue weighted by Crippen LogP contribution is -2.55. The molecule has 3 nitrogen and oxygen atoms in total. The van der Waals surface area contributed by atoms with Crippen LogP contribution in [0.4, 0.5) is 10.1 Å². The molecule has 2 aliphatic heterocycles. The van der Waals surface area contributed by atoms with Crippen molar-refractivity contribution in [3.63, 3.8) is 0 Å². The van der Waals surface area contributed by atoms with Crippen molar-refractivity contribution in [2.75, 3.05) is 24.5 Å². The zero-order valence-electron chi connectivity index (χ0n) is 11.1. The Hall–Kier alpha value is -1.60. The van der Waals surface area contributed by atoms with Gasteiger partial charge in [-0.05, 0) is 44.5 Å². The molecule has 1 aromatic carbocycles. The fraction of sp³-hybridized carbons (Fsp3) is 0.533. The molecule has 0 bridgehead atoms. The van der Waals surface area contributed by atoms with Gasteiger partial charge in [0, 0.05) is 30.9 Å². The van der Waals surface area contributed by atoms with Crippen molar-refractivity contribution < 1.29 is 4.39 Å². The monoisotopic (exact) mass is 259 g/mol. The Balaban J connectivity index is 1.85. The Morgan fingerprint density at radius 2 is 2.21 bits per heavy atom. The van der Waals surface area contributed by atoms with Crippen LogP contribution in [0.3, 0.4) is 0 Å². The van der Waals surface area contributed by atoms with Gasteiger partial charge in [0.1, 0.15) is 11.9 Å². The number of hydrogen-bond donors (Lipinski definition) is 0. The topological polar surface area (TPSA) is 30.3 Å². The second-order valence-electron chi connectivity index (χ2n) is 5.57. The standard InChI is InChI=1S/C15H18FN3/c1-11-9-18-6-2-3-14(18)10-19(11)13-5-4-12(8-17)15(16)7-13/h4-5,7,11,14H,2-3,6,9-10H2,1H3. The molecule has 0 N–H and O–H groups in total. The highest BCUT2D eigenvalue weighted by atomic mass is 19.1. The summed E-state index contributed by atoms with van der Waals surface area (Å²) in [5.41, 5.74) is 1.02. The third-order valence-corrected chi connectivity index (χ3v) is 4.34. The number of fused-ring (bicyclic) bond motifs is 1. The van der Waals surface area contributed by atoms with E-state index in [9.17, 15) is 4.39 Å². The summed E-state index contributed by atoms with van der Waals surface area (Å²) in [6.45, 7) is 5.40. The van der Waals surface area contributed by atoms with E-state index in [4.69, 9.17) is 5.26 Å². The maximum atomic E-state index is 13.7. The minimum Gasteiger partial charge on any atom is -0.366 e. The van der Waals surface area contributed by atoms with Crippen molar-refractivity contribution in [2.24, 2.45) is 0 Å². The predicted octanol–water partition coefficient (Wildman–Crippen LogP) is 2.37. The van der Waals surface area contributed by atoms with Crippen LogP contribution in [-0.4, -0.2) is 36.6 Å². The van der Waals surface area contributed by atoms with E-state index in [0.29, 0.717) is 12.1 Å². The van der Waals surface area contributed by atoms with Gasteiger partial charge in [0.15, 0.2) is 0 Å². The fourth-order valence-electron chi connectivity index (χ4n) is 3.32. The van der Waals surface area contributed by atoms with E-state index in [1.165, 1.54) is 25.5 Å². The van der Waals surface area contributed by atoms with Crippen LogP contribution in [0, 0.1) is 17.1 Å². The highest BCUT2D eigenvalue weighted by molar-refractivity contribution is 5.52. The number of piperazine rings is 1. The molecule has 100 valence electrons. The van der Waals surface area contributed by atoms with E-state index in [-0.39, 0.29) is 5.56 Å². The van der Waals surface area contributed by atoms with Gasteiger partial charge in [-0.25, -0.2) is 4.39 Å². The first-order valence-electron chi connectivity index (χ1n) is 6.89. The zero-order chi connectivity index (χ0) is 13.4. The minimum absolute atomic E-state index is 0.121. The second-order valence-corrected chi connectivity index (χ2v) is 5.57. The molecule has 2 fully saturated rings. The summed E-state index contributed by atoms with van der Waals surface area (Å²) in [6.07, 6.45) is 2.51. The third-order valence-electron chi connectivity index (χ3n) is 4.34. The van der Waals surface area contributed by atoms with Crippen LogP contribution in [0.15, 0.2) is 18.2 Å². The minimum atomic E-state index is -0.416. The van der Waals surface area contributed by atoms with Crippen molar-refractivity contribution in [3.8, 4) is 6.07 Å². The quantitative estimate of drug-likeness (QED) is 0.775. The van der Waals surface area contributed by atoms with Crippen molar-refractivity contribution in [1.29, 1.82) is 5.26 Å². The molecular weight excluding hydrogens is 241 g/mol. The summed E-state index contributed by atoms with van der Waals surface area (Å²) in [7, 11) is 0. The maximum Gasteiger partial charge on any atom is 0.143 e. The Bertz CT molecular complexity index is 523. The van der Waals surface area contributed by atoms with Gasteiger partial charge in [-0.15, -0.1) is 0 Å². The molecule has 0 amide bonds. The average Bonchev–Trinajstić information content (AvgIpc) is 2.84. The first kappa shape index (κ1) is 12.4. The van der Waals surface area contributed by atoms with Crippen LogP contribution in [0.5, 0.6) is 0 Å².